The summed E-state index contributed by atoms with van der Waals surface area (Å²) in [5.41, 5.74) is 1.72. The Morgan fingerprint density at radius 3 is 2.09 bits per heavy atom. The smallest absolute Gasteiger partial charge is 0.344 e. The molecule has 0 amide bonds. The fourth-order valence-electron chi connectivity index (χ4n) is 2.95. The number of anilines is 1. The van der Waals surface area contributed by atoms with Crippen molar-refractivity contribution in [1.82, 2.24) is 0 Å². The van der Waals surface area contributed by atoms with E-state index in [1.54, 1.807) is 60.7 Å². The fourth-order valence-corrected chi connectivity index (χ4v) is 4.14. The van der Waals surface area contributed by atoms with E-state index in [2.05, 4.69) is 0 Å². The summed E-state index contributed by atoms with van der Waals surface area (Å²) in [5.74, 6) is 0.440. The van der Waals surface area contributed by atoms with Crippen LogP contribution in [0.2, 0.25) is 0 Å². The molecule has 0 aliphatic rings. The Labute approximate surface area is 199 Å². The topological polar surface area (TPSA) is 106 Å². The number of nitriles is 1. The lowest BCUT2D eigenvalue weighted by atomic mass is 10.2. The molecule has 0 radical (unpaired) electrons. The number of hydrogen-bond acceptors (Lipinski definition) is 7. The Bertz CT molecular complexity index is 1250. The highest BCUT2D eigenvalue weighted by Gasteiger charge is 2.21. The SMILES string of the molecule is CCOc1ccc(S(=O)(=O)N(C)c2ccc(OCC(=O)OCc3ccc(C#N)cc3)cc2)cc1. The first kappa shape index (κ1) is 24.6. The lowest BCUT2D eigenvalue weighted by molar-refractivity contribution is -0.147. The number of carbonyl (C=O) groups is 1. The van der Waals surface area contributed by atoms with Crippen LogP contribution in [0.25, 0.3) is 0 Å². The van der Waals surface area contributed by atoms with Crippen LogP contribution < -0.4 is 13.8 Å². The molecule has 176 valence electrons. The molecule has 8 nitrogen and oxygen atoms in total. The van der Waals surface area contributed by atoms with Gasteiger partial charge in [-0.25, -0.2) is 13.2 Å². The molecule has 9 heteroatoms. The van der Waals surface area contributed by atoms with E-state index in [1.807, 2.05) is 13.0 Å². The highest BCUT2D eigenvalue weighted by atomic mass is 32.2. The molecule has 3 rings (SSSR count). The van der Waals surface area contributed by atoms with Crippen LogP contribution in [0.1, 0.15) is 18.1 Å². The van der Waals surface area contributed by atoms with Gasteiger partial charge < -0.3 is 14.2 Å². The molecule has 0 heterocycles. The molecule has 0 aliphatic heterocycles. The summed E-state index contributed by atoms with van der Waals surface area (Å²) in [6.07, 6.45) is 0. The zero-order valence-electron chi connectivity index (χ0n) is 18.8. The van der Waals surface area contributed by atoms with Crippen molar-refractivity contribution >= 4 is 21.7 Å². The summed E-state index contributed by atoms with van der Waals surface area (Å²) < 4.78 is 42.9. The van der Waals surface area contributed by atoms with Crippen molar-refractivity contribution < 1.29 is 27.4 Å². The maximum Gasteiger partial charge on any atom is 0.344 e. The van der Waals surface area contributed by atoms with Gasteiger partial charge in [0.1, 0.15) is 18.1 Å². The average Bonchev–Trinajstić information content (AvgIpc) is 2.87. The number of benzene rings is 3. The molecule has 0 saturated heterocycles. The molecular formula is C25H24N2O6S. The first-order chi connectivity index (χ1) is 16.3. The minimum Gasteiger partial charge on any atom is -0.494 e. The monoisotopic (exact) mass is 480 g/mol. The molecule has 0 atom stereocenters. The van der Waals surface area contributed by atoms with Crippen molar-refractivity contribution in [3.8, 4) is 17.6 Å². The number of hydrogen-bond donors (Lipinski definition) is 0. The molecule has 0 aromatic heterocycles. The van der Waals surface area contributed by atoms with Crippen molar-refractivity contribution in [3.63, 3.8) is 0 Å². The lowest BCUT2D eigenvalue weighted by Gasteiger charge is -2.20. The summed E-state index contributed by atoms with van der Waals surface area (Å²) in [4.78, 5) is 12.1. The summed E-state index contributed by atoms with van der Waals surface area (Å²) >= 11 is 0. The predicted octanol–water partition coefficient (Wildman–Crippen LogP) is 3.90. The van der Waals surface area contributed by atoms with Crippen molar-refractivity contribution in [2.75, 3.05) is 24.6 Å². The quantitative estimate of drug-likeness (QED) is 0.405. The maximum absolute atomic E-state index is 12.9. The van der Waals surface area contributed by atoms with Crippen LogP contribution in [-0.2, 0) is 26.2 Å². The standard InChI is InChI=1S/C25H24N2O6S/c1-3-31-22-12-14-24(15-13-22)34(29,30)27(2)21-8-10-23(11-9-21)32-18-25(28)33-17-20-6-4-19(16-26)5-7-20/h4-15H,3,17-18H2,1-2H3. The Hall–Kier alpha value is -4.03. The summed E-state index contributed by atoms with van der Waals surface area (Å²) in [6.45, 7) is 2.12. The molecule has 0 N–H and O–H groups in total. The molecular weight excluding hydrogens is 456 g/mol. The second kappa shape index (κ2) is 11.2. The van der Waals surface area contributed by atoms with E-state index >= 15 is 0 Å². The Balaban J connectivity index is 1.54. The number of carbonyl (C=O) groups excluding carboxylic acids is 1. The van der Waals surface area contributed by atoms with Gasteiger partial charge in [0.2, 0.25) is 0 Å². The van der Waals surface area contributed by atoms with Gasteiger partial charge in [0.15, 0.2) is 6.61 Å². The number of ether oxygens (including phenoxy) is 3. The third kappa shape index (κ3) is 6.27. The van der Waals surface area contributed by atoms with Crippen LogP contribution in [0.5, 0.6) is 11.5 Å². The van der Waals surface area contributed by atoms with E-state index < -0.39 is 16.0 Å². The zero-order valence-corrected chi connectivity index (χ0v) is 19.6. The van der Waals surface area contributed by atoms with Crippen molar-refractivity contribution in [2.24, 2.45) is 0 Å². The highest BCUT2D eigenvalue weighted by Crippen LogP contribution is 2.25. The first-order valence-corrected chi connectivity index (χ1v) is 11.9. The van der Waals surface area contributed by atoms with Gasteiger partial charge in [0, 0.05) is 7.05 Å². The Morgan fingerprint density at radius 2 is 1.50 bits per heavy atom. The second-order valence-corrected chi connectivity index (χ2v) is 9.10. The van der Waals surface area contributed by atoms with Crippen LogP contribution in [0.3, 0.4) is 0 Å². The second-order valence-electron chi connectivity index (χ2n) is 7.13. The van der Waals surface area contributed by atoms with Crippen LogP contribution >= 0.6 is 0 Å². The summed E-state index contributed by atoms with van der Waals surface area (Å²) in [5, 5.41) is 8.80. The molecule has 34 heavy (non-hydrogen) atoms. The summed E-state index contributed by atoms with van der Waals surface area (Å²) in [7, 11) is -2.29. The van der Waals surface area contributed by atoms with Gasteiger partial charge in [-0.3, -0.25) is 4.31 Å². The van der Waals surface area contributed by atoms with E-state index in [-0.39, 0.29) is 18.1 Å². The molecule has 0 bridgehead atoms. The van der Waals surface area contributed by atoms with Crippen molar-refractivity contribution in [1.29, 1.82) is 5.26 Å². The number of rotatable bonds is 10. The van der Waals surface area contributed by atoms with Gasteiger partial charge in [-0.2, -0.15) is 5.26 Å². The Kier molecular flexibility index (Phi) is 8.11. The van der Waals surface area contributed by atoms with Gasteiger partial charge in [-0.15, -0.1) is 0 Å². The first-order valence-electron chi connectivity index (χ1n) is 10.4. The third-order valence-corrected chi connectivity index (χ3v) is 6.63. The van der Waals surface area contributed by atoms with Crippen LogP contribution in [0.15, 0.2) is 77.7 Å². The van der Waals surface area contributed by atoms with Gasteiger partial charge in [-0.1, -0.05) is 12.1 Å². The summed E-state index contributed by atoms with van der Waals surface area (Å²) in [6, 6.07) is 21.3. The van der Waals surface area contributed by atoms with Crippen molar-refractivity contribution in [2.45, 2.75) is 18.4 Å². The molecule has 0 spiro atoms. The highest BCUT2D eigenvalue weighted by molar-refractivity contribution is 7.92. The molecule has 0 saturated carbocycles. The van der Waals surface area contributed by atoms with Crippen LogP contribution in [0, 0.1) is 11.3 Å². The number of sulfonamides is 1. The number of nitrogens with zero attached hydrogens (tertiary/aromatic N) is 2. The molecule has 3 aromatic rings. The zero-order chi connectivity index (χ0) is 24.6. The normalized spacial score (nSPS) is 10.7. The lowest BCUT2D eigenvalue weighted by Crippen LogP contribution is -2.26. The van der Waals surface area contributed by atoms with Gasteiger partial charge >= 0.3 is 5.97 Å². The minimum atomic E-state index is -3.76. The largest absolute Gasteiger partial charge is 0.494 e. The van der Waals surface area contributed by atoms with Gasteiger partial charge in [0.05, 0.1) is 28.8 Å². The van der Waals surface area contributed by atoms with E-state index in [4.69, 9.17) is 19.5 Å². The van der Waals surface area contributed by atoms with E-state index in [0.29, 0.717) is 29.4 Å². The van der Waals surface area contributed by atoms with E-state index in [9.17, 15) is 13.2 Å². The minimum absolute atomic E-state index is 0.0705. The number of esters is 1. The molecule has 0 aliphatic carbocycles. The van der Waals surface area contributed by atoms with Gasteiger partial charge in [-0.05, 0) is 73.2 Å². The van der Waals surface area contributed by atoms with Crippen LogP contribution in [-0.4, -0.2) is 34.6 Å². The average molecular weight is 481 g/mol. The molecule has 0 unspecified atom stereocenters. The maximum atomic E-state index is 12.9. The Morgan fingerprint density at radius 1 is 0.912 bits per heavy atom. The van der Waals surface area contributed by atoms with E-state index in [0.717, 1.165) is 9.87 Å². The molecule has 3 aromatic carbocycles. The fraction of sp³-hybridized carbons (Fsp3) is 0.200. The van der Waals surface area contributed by atoms with E-state index in [1.165, 1.54) is 19.2 Å². The van der Waals surface area contributed by atoms with Gasteiger partial charge in [0.25, 0.3) is 10.0 Å². The molecule has 0 fully saturated rings. The van der Waals surface area contributed by atoms with Crippen molar-refractivity contribution in [3.05, 3.63) is 83.9 Å². The third-order valence-electron chi connectivity index (χ3n) is 4.83. The van der Waals surface area contributed by atoms with Crippen LogP contribution in [0.4, 0.5) is 5.69 Å². The predicted molar refractivity (Wildman–Crippen MR) is 126 cm³/mol.